The average molecular weight is 479 g/mol. The first kappa shape index (κ1) is 29.1. The predicted molar refractivity (Wildman–Crippen MR) is 114 cm³/mol. The molecule has 0 aliphatic heterocycles. The Morgan fingerprint density at radius 3 is 1.78 bits per heavy atom. The first-order valence-electron chi connectivity index (χ1n) is 9.77. The van der Waals surface area contributed by atoms with Crippen LogP contribution >= 0.6 is 12.6 Å². The van der Waals surface area contributed by atoms with Crippen LogP contribution in [0.2, 0.25) is 0 Å². The van der Waals surface area contributed by atoms with E-state index in [1.165, 1.54) is 0 Å². The molecular formula is C18H30N4O9S. The summed E-state index contributed by atoms with van der Waals surface area (Å²) in [4.78, 5) is 70.2. The monoisotopic (exact) mass is 478 g/mol. The number of hydrogen-bond acceptors (Lipinski definition) is 8. The molecule has 182 valence electrons. The fourth-order valence-corrected chi connectivity index (χ4v) is 2.69. The lowest BCUT2D eigenvalue weighted by molar-refractivity contribution is -0.144. The molecule has 0 aromatic rings. The van der Waals surface area contributed by atoms with E-state index in [0.29, 0.717) is 6.42 Å². The summed E-state index contributed by atoms with van der Waals surface area (Å²) >= 11 is 3.98. The molecule has 8 N–H and O–H groups in total. The smallest absolute Gasteiger partial charge is 0.326 e. The second-order valence-corrected chi connectivity index (χ2v) is 7.51. The second kappa shape index (κ2) is 14.2. The molecule has 0 aliphatic carbocycles. The van der Waals surface area contributed by atoms with E-state index in [9.17, 15) is 28.8 Å². The number of aliphatic carboxylic acids is 3. The number of thiol groups is 1. The van der Waals surface area contributed by atoms with Gasteiger partial charge >= 0.3 is 17.9 Å². The summed E-state index contributed by atoms with van der Waals surface area (Å²) in [6, 6.07) is -5.44. The normalized spacial score (nSPS) is 15.4. The van der Waals surface area contributed by atoms with E-state index in [4.69, 9.17) is 21.1 Å². The zero-order chi connectivity index (χ0) is 25.0. The Hall–Kier alpha value is -2.87. The van der Waals surface area contributed by atoms with Crippen LogP contribution in [0.15, 0.2) is 0 Å². The van der Waals surface area contributed by atoms with Crippen molar-refractivity contribution in [2.45, 2.75) is 63.7 Å². The van der Waals surface area contributed by atoms with E-state index in [-0.39, 0.29) is 11.7 Å². The van der Waals surface area contributed by atoms with Crippen molar-refractivity contribution in [3.63, 3.8) is 0 Å². The molecule has 0 rings (SSSR count). The molecule has 0 heterocycles. The summed E-state index contributed by atoms with van der Waals surface area (Å²) in [5.41, 5.74) is 5.81. The van der Waals surface area contributed by atoms with E-state index >= 15 is 0 Å². The number of carbonyl (C=O) groups excluding carboxylic acids is 3. The first-order chi connectivity index (χ1) is 14.8. The Bertz CT molecular complexity index is 719. The predicted octanol–water partition coefficient (Wildman–Crippen LogP) is -1.83. The van der Waals surface area contributed by atoms with Crippen LogP contribution in [-0.4, -0.2) is 80.9 Å². The van der Waals surface area contributed by atoms with Crippen LogP contribution in [0.25, 0.3) is 0 Å². The molecule has 0 fully saturated rings. The van der Waals surface area contributed by atoms with Crippen molar-refractivity contribution in [3.8, 4) is 0 Å². The number of carboxylic acids is 3. The lowest BCUT2D eigenvalue weighted by atomic mass is 9.99. The largest absolute Gasteiger partial charge is 0.481 e. The van der Waals surface area contributed by atoms with Crippen LogP contribution in [0.3, 0.4) is 0 Å². The van der Waals surface area contributed by atoms with Gasteiger partial charge in [0.15, 0.2) is 0 Å². The molecule has 13 nitrogen and oxygen atoms in total. The number of amides is 3. The molecule has 5 unspecified atom stereocenters. The fourth-order valence-electron chi connectivity index (χ4n) is 2.43. The summed E-state index contributed by atoms with van der Waals surface area (Å²) in [6.45, 7) is 3.58. The van der Waals surface area contributed by atoms with Gasteiger partial charge in [-0.05, 0) is 12.3 Å². The minimum atomic E-state index is -1.69. The van der Waals surface area contributed by atoms with Gasteiger partial charge in [-0.1, -0.05) is 20.3 Å². The molecule has 0 aliphatic rings. The lowest BCUT2D eigenvalue weighted by Gasteiger charge is -2.24. The Morgan fingerprint density at radius 2 is 1.34 bits per heavy atom. The number of carboxylic acid groups (broad SMARTS) is 3. The summed E-state index contributed by atoms with van der Waals surface area (Å²) in [6.07, 6.45) is -1.29. The second-order valence-electron chi connectivity index (χ2n) is 7.15. The Morgan fingerprint density at radius 1 is 0.844 bits per heavy atom. The third-order valence-corrected chi connectivity index (χ3v) is 5.01. The highest BCUT2D eigenvalue weighted by molar-refractivity contribution is 7.80. The van der Waals surface area contributed by atoms with Crippen molar-refractivity contribution in [2.24, 2.45) is 11.7 Å². The molecule has 0 radical (unpaired) electrons. The maximum Gasteiger partial charge on any atom is 0.326 e. The third kappa shape index (κ3) is 10.4. The summed E-state index contributed by atoms with van der Waals surface area (Å²) in [5.74, 6) is -7.35. The molecule has 0 spiro atoms. The highest BCUT2D eigenvalue weighted by Crippen LogP contribution is 2.06. The number of nitrogens with one attached hydrogen (secondary N) is 3. The van der Waals surface area contributed by atoms with Crippen molar-refractivity contribution in [2.75, 3.05) is 5.75 Å². The standard InChI is InChI=1S/C18H30N4O9S/c1-3-8(2)14(19)17(29)22-11(7-32)16(28)21-10(6-13(25)26)15(27)20-9(18(30)31)4-5-12(23)24/h8-11,14,32H,3-7,19H2,1-2H3,(H,20,27)(H,21,28)(H,22,29)(H,23,24)(H,25,26)(H,30,31). The topological polar surface area (TPSA) is 225 Å². The van der Waals surface area contributed by atoms with Crippen molar-refractivity contribution in [1.82, 2.24) is 16.0 Å². The number of rotatable bonds is 15. The molecular weight excluding hydrogens is 448 g/mol. The van der Waals surface area contributed by atoms with Crippen LogP contribution in [0, 0.1) is 5.92 Å². The van der Waals surface area contributed by atoms with Crippen molar-refractivity contribution < 1.29 is 44.1 Å². The molecule has 32 heavy (non-hydrogen) atoms. The molecule has 5 atom stereocenters. The van der Waals surface area contributed by atoms with Crippen molar-refractivity contribution in [1.29, 1.82) is 0 Å². The van der Waals surface area contributed by atoms with Gasteiger partial charge in [0.1, 0.15) is 18.1 Å². The van der Waals surface area contributed by atoms with Crippen LogP contribution < -0.4 is 21.7 Å². The fraction of sp³-hybridized carbons (Fsp3) is 0.667. The zero-order valence-corrected chi connectivity index (χ0v) is 18.6. The van der Waals surface area contributed by atoms with E-state index in [2.05, 4.69) is 23.3 Å². The molecule has 14 heteroatoms. The van der Waals surface area contributed by atoms with Crippen molar-refractivity contribution >= 4 is 48.3 Å². The third-order valence-electron chi connectivity index (χ3n) is 4.65. The van der Waals surface area contributed by atoms with Gasteiger partial charge in [-0.15, -0.1) is 0 Å². The van der Waals surface area contributed by atoms with Gasteiger partial charge in [0.25, 0.3) is 0 Å². The first-order valence-corrected chi connectivity index (χ1v) is 10.4. The molecule has 0 aromatic heterocycles. The SMILES string of the molecule is CCC(C)C(N)C(=O)NC(CS)C(=O)NC(CC(=O)O)C(=O)NC(CCC(=O)O)C(=O)O. The van der Waals surface area contributed by atoms with Gasteiger partial charge in [-0.2, -0.15) is 12.6 Å². The molecule has 0 saturated heterocycles. The average Bonchev–Trinajstić information content (AvgIpc) is 2.71. The van der Waals surface area contributed by atoms with Gasteiger partial charge < -0.3 is 37.0 Å². The molecule has 0 saturated carbocycles. The quantitative estimate of drug-likeness (QED) is 0.123. The van der Waals surface area contributed by atoms with Gasteiger partial charge in [0, 0.05) is 12.2 Å². The van der Waals surface area contributed by atoms with E-state index in [1.807, 2.05) is 12.2 Å². The zero-order valence-electron chi connectivity index (χ0n) is 17.7. The van der Waals surface area contributed by atoms with Gasteiger partial charge in [0.05, 0.1) is 12.5 Å². The Balaban J connectivity index is 5.33. The molecule has 0 bridgehead atoms. The minimum Gasteiger partial charge on any atom is -0.481 e. The number of nitrogens with two attached hydrogens (primary N) is 1. The highest BCUT2D eigenvalue weighted by Gasteiger charge is 2.31. The summed E-state index contributed by atoms with van der Waals surface area (Å²) < 4.78 is 0. The van der Waals surface area contributed by atoms with E-state index < -0.39 is 79.1 Å². The van der Waals surface area contributed by atoms with Gasteiger partial charge in [0.2, 0.25) is 17.7 Å². The molecule has 3 amide bonds. The van der Waals surface area contributed by atoms with Crippen LogP contribution in [-0.2, 0) is 28.8 Å². The minimum absolute atomic E-state index is 0.178. The van der Waals surface area contributed by atoms with E-state index in [0.717, 1.165) is 0 Å². The maximum atomic E-state index is 12.5. The van der Waals surface area contributed by atoms with Gasteiger partial charge in [-0.3, -0.25) is 24.0 Å². The summed E-state index contributed by atoms with van der Waals surface area (Å²) in [7, 11) is 0. The van der Waals surface area contributed by atoms with Crippen LogP contribution in [0.4, 0.5) is 0 Å². The lowest BCUT2D eigenvalue weighted by Crippen LogP contribution is -2.58. The Labute approximate surface area is 189 Å². The molecule has 0 aromatic carbocycles. The van der Waals surface area contributed by atoms with Gasteiger partial charge in [-0.25, -0.2) is 4.79 Å². The highest BCUT2D eigenvalue weighted by atomic mass is 32.1. The summed E-state index contributed by atoms with van der Waals surface area (Å²) in [5, 5.41) is 33.4. The van der Waals surface area contributed by atoms with Crippen molar-refractivity contribution in [3.05, 3.63) is 0 Å². The number of carbonyl (C=O) groups is 6. The Kier molecular flexibility index (Phi) is 13.0. The van der Waals surface area contributed by atoms with Crippen LogP contribution in [0.5, 0.6) is 0 Å². The van der Waals surface area contributed by atoms with Crippen LogP contribution in [0.1, 0.15) is 39.5 Å². The van der Waals surface area contributed by atoms with E-state index in [1.54, 1.807) is 6.92 Å². The number of hydrogen-bond donors (Lipinski definition) is 8. The maximum absolute atomic E-state index is 12.5.